The maximum Gasteiger partial charge on any atom is 0.294 e. The van der Waals surface area contributed by atoms with E-state index in [4.69, 9.17) is 25.7 Å². The molecule has 0 aliphatic heterocycles. The Labute approximate surface area is 268 Å². The van der Waals surface area contributed by atoms with Crippen molar-refractivity contribution < 1.29 is 14.0 Å². The number of carbonyl (C=O) groups excluding carboxylic acids is 1. The Kier molecular flexibility index (Phi) is 10.8. The highest BCUT2D eigenvalue weighted by Gasteiger charge is 2.39. The van der Waals surface area contributed by atoms with Gasteiger partial charge in [-0.05, 0) is 68.1 Å². The molecule has 7 nitrogen and oxygen atoms in total. The van der Waals surface area contributed by atoms with E-state index in [0.29, 0.717) is 30.4 Å². The average molecular weight is 638 g/mol. The SMILES string of the molecule is CC(C)N(CCO[Si](C)(C)C(C)(C)C)C(=O)c1nc(CC2(c3cccc(Cl)c3)CCCC2)[nH]c(=O)c1OCc1ccccc1. The number of benzene rings is 2. The van der Waals surface area contributed by atoms with Gasteiger partial charge in [-0.1, -0.05) is 87.7 Å². The third-order valence-corrected chi connectivity index (χ3v) is 14.1. The predicted octanol–water partition coefficient (Wildman–Crippen LogP) is 7.93. The van der Waals surface area contributed by atoms with Gasteiger partial charge in [0.25, 0.3) is 11.5 Å². The Balaban J connectivity index is 1.69. The second-order valence-corrected chi connectivity index (χ2v) is 19.1. The molecule has 0 radical (unpaired) electrons. The maximum absolute atomic E-state index is 14.3. The number of hydrogen-bond donors (Lipinski definition) is 1. The first kappa shape index (κ1) is 33.9. The minimum absolute atomic E-state index is 0.0416. The highest BCUT2D eigenvalue weighted by molar-refractivity contribution is 6.74. The molecule has 238 valence electrons. The normalized spacial score (nSPS) is 15.0. The van der Waals surface area contributed by atoms with E-state index in [1.54, 1.807) is 4.90 Å². The van der Waals surface area contributed by atoms with Crippen molar-refractivity contribution in [3.8, 4) is 5.75 Å². The smallest absolute Gasteiger partial charge is 0.294 e. The molecule has 3 aromatic rings. The lowest BCUT2D eigenvalue weighted by atomic mass is 9.76. The van der Waals surface area contributed by atoms with Gasteiger partial charge in [0.15, 0.2) is 14.0 Å². The summed E-state index contributed by atoms with van der Waals surface area (Å²) in [5, 5.41) is 0.740. The van der Waals surface area contributed by atoms with Crippen molar-refractivity contribution in [2.24, 2.45) is 0 Å². The molecular formula is C35H48ClN3O4Si. The number of halogens is 1. The van der Waals surface area contributed by atoms with Gasteiger partial charge in [0.1, 0.15) is 12.4 Å². The molecule has 1 heterocycles. The number of carbonyl (C=O) groups is 1. The number of amides is 1. The molecule has 0 unspecified atom stereocenters. The highest BCUT2D eigenvalue weighted by atomic mass is 35.5. The summed E-state index contributed by atoms with van der Waals surface area (Å²) in [5.74, 6) is 0.0905. The number of aromatic nitrogens is 2. The summed E-state index contributed by atoms with van der Waals surface area (Å²) < 4.78 is 12.5. The average Bonchev–Trinajstić information content (AvgIpc) is 3.43. The van der Waals surface area contributed by atoms with Gasteiger partial charge in [-0.3, -0.25) is 9.59 Å². The molecule has 0 spiro atoms. The molecule has 0 atom stereocenters. The van der Waals surface area contributed by atoms with E-state index in [2.05, 4.69) is 44.9 Å². The Morgan fingerprint density at radius 1 is 1.09 bits per heavy atom. The molecule has 44 heavy (non-hydrogen) atoms. The van der Waals surface area contributed by atoms with Gasteiger partial charge >= 0.3 is 0 Å². The first-order valence-corrected chi connectivity index (χ1v) is 19.0. The van der Waals surface area contributed by atoms with Crippen molar-refractivity contribution in [3.05, 3.63) is 92.6 Å². The molecule has 1 N–H and O–H groups in total. The summed E-state index contributed by atoms with van der Waals surface area (Å²) in [6.45, 7) is 15.9. The topological polar surface area (TPSA) is 84.5 Å². The summed E-state index contributed by atoms with van der Waals surface area (Å²) in [4.78, 5) is 37.5. The quantitative estimate of drug-likeness (QED) is 0.204. The van der Waals surface area contributed by atoms with Crippen LogP contribution >= 0.6 is 11.6 Å². The molecule has 2 aromatic carbocycles. The van der Waals surface area contributed by atoms with Crippen molar-refractivity contribution in [3.63, 3.8) is 0 Å². The van der Waals surface area contributed by atoms with Crippen LogP contribution in [0.15, 0.2) is 59.4 Å². The summed E-state index contributed by atoms with van der Waals surface area (Å²) in [6, 6.07) is 17.4. The monoisotopic (exact) mass is 637 g/mol. The Morgan fingerprint density at radius 3 is 2.39 bits per heavy atom. The number of rotatable bonds is 12. The Morgan fingerprint density at radius 2 is 1.77 bits per heavy atom. The predicted molar refractivity (Wildman–Crippen MR) is 180 cm³/mol. The van der Waals surface area contributed by atoms with Crippen LogP contribution in [-0.4, -0.2) is 48.3 Å². The molecule has 1 aromatic heterocycles. The first-order valence-electron chi connectivity index (χ1n) is 15.7. The van der Waals surface area contributed by atoms with Gasteiger partial charge < -0.3 is 19.0 Å². The number of nitrogens with one attached hydrogen (secondary N) is 1. The number of ether oxygens (including phenoxy) is 1. The van der Waals surface area contributed by atoms with E-state index in [9.17, 15) is 9.59 Å². The zero-order chi connectivity index (χ0) is 32.1. The first-order chi connectivity index (χ1) is 20.7. The minimum Gasteiger partial charge on any atom is -0.481 e. The third kappa shape index (κ3) is 8.01. The zero-order valence-corrected chi connectivity index (χ0v) is 29.1. The van der Waals surface area contributed by atoms with Crippen LogP contribution in [0.1, 0.15) is 87.7 Å². The fraction of sp³-hybridized carbons (Fsp3) is 0.514. The maximum atomic E-state index is 14.3. The lowest BCUT2D eigenvalue weighted by molar-refractivity contribution is 0.0657. The molecule has 4 rings (SSSR count). The molecular weight excluding hydrogens is 590 g/mol. The molecule has 0 saturated heterocycles. The second kappa shape index (κ2) is 14.0. The van der Waals surface area contributed by atoms with Crippen LogP contribution in [-0.2, 0) is 22.9 Å². The largest absolute Gasteiger partial charge is 0.481 e. The Bertz CT molecular complexity index is 1480. The van der Waals surface area contributed by atoms with Crippen LogP contribution in [0.25, 0.3) is 0 Å². The summed E-state index contributed by atoms with van der Waals surface area (Å²) in [5.41, 5.74) is 1.40. The van der Waals surface area contributed by atoms with Gasteiger partial charge in [-0.2, -0.15) is 0 Å². The molecule has 0 bridgehead atoms. The second-order valence-electron chi connectivity index (χ2n) is 13.8. The van der Waals surface area contributed by atoms with Crippen LogP contribution in [0.4, 0.5) is 0 Å². The zero-order valence-electron chi connectivity index (χ0n) is 27.3. The van der Waals surface area contributed by atoms with Crippen molar-refractivity contribution in [1.82, 2.24) is 14.9 Å². The fourth-order valence-corrected chi connectivity index (χ4v) is 6.93. The fourth-order valence-electron chi connectivity index (χ4n) is 5.71. The summed E-state index contributed by atoms with van der Waals surface area (Å²) in [7, 11) is -2.01. The van der Waals surface area contributed by atoms with Gasteiger partial charge in [0.05, 0.1) is 6.61 Å². The van der Waals surface area contributed by atoms with E-state index >= 15 is 0 Å². The van der Waals surface area contributed by atoms with Crippen LogP contribution in [0, 0.1) is 0 Å². The standard InChI is InChI=1S/C35H48ClN3O4Si/c1-25(2)39(20-21-43-44(6,7)34(3,4)5)33(41)30-31(42-24-26-14-9-8-10-15-26)32(40)38-29(37-30)23-35(18-11-12-19-35)27-16-13-17-28(36)22-27/h8-10,13-17,22,25H,11-12,18-21,23-24H2,1-7H3,(H,37,38,40). The van der Waals surface area contributed by atoms with Gasteiger partial charge in [-0.15, -0.1) is 0 Å². The summed E-state index contributed by atoms with van der Waals surface area (Å²) in [6.07, 6.45) is 4.56. The summed E-state index contributed by atoms with van der Waals surface area (Å²) >= 11 is 6.40. The van der Waals surface area contributed by atoms with Crippen molar-refractivity contribution in [2.45, 2.75) is 103 Å². The van der Waals surface area contributed by atoms with Gasteiger partial charge in [0, 0.05) is 29.4 Å². The van der Waals surface area contributed by atoms with E-state index in [1.165, 1.54) is 0 Å². The van der Waals surface area contributed by atoms with Crippen LogP contribution < -0.4 is 10.3 Å². The van der Waals surface area contributed by atoms with E-state index in [1.807, 2.05) is 62.4 Å². The molecule has 9 heteroatoms. The van der Waals surface area contributed by atoms with Crippen LogP contribution in [0.5, 0.6) is 5.75 Å². The third-order valence-electron chi connectivity index (χ3n) is 9.34. The lowest BCUT2D eigenvalue weighted by Crippen LogP contribution is -2.45. The van der Waals surface area contributed by atoms with E-state index in [0.717, 1.165) is 36.8 Å². The lowest BCUT2D eigenvalue weighted by Gasteiger charge is -2.37. The number of H-pyrrole nitrogens is 1. The number of aromatic amines is 1. The van der Waals surface area contributed by atoms with E-state index < -0.39 is 13.9 Å². The molecule has 1 fully saturated rings. The molecule has 1 aliphatic carbocycles. The van der Waals surface area contributed by atoms with Crippen LogP contribution in [0.2, 0.25) is 23.2 Å². The van der Waals surface area contributed by atoms with Crippen molar-refractivity contribution >= 4 is 25.8 Å². The van der Waals surface area contributed by atoms with Crippen LogP contribution in [0.3, 0.4) is 0 Å². The van der Waals surface area contributed by atoms with Gasteiger partial charge in [0.2, 0.25) is 5.75 Å². The number of hydrogen-bond acceptors (Lipinski definition) is 5. The molecule has 1 amide bonds. The highest BCUT2D eigenvalue weighted by Crippen LogP contribution is 2.44. The van der Waals surface area contributed by atoms with E-state index in [-0.39, 0.29) is 40.5 Å². The van der Waals surface area contributed by atoms with Crippen molar-refractivity contribution in [1.29, 1.82) is 0 Å². The molecule has 1 saturated carbocycles. The molecule has 1 aliphatic rings. The number of nitrogens with zero attached hydrogens (tertiary/aromatic N) is 2. The van der Waals surface area contributed by atoms with Crippen molar-refractivity contribution in [2.75, 3.05) is 13.2 Å². The Hall–Kier alpha value is -2.94. The van der Waals surface area contributed by atoms with Gasteiger partial charge in [-0.25, -0.2) is 4.98 Å². The minimum atomic E-state index is -2.01.